The smallest absolute Gasteiger partial charge is 0.243 e. The van der Waals surface area contributed by atoms with Crippen LogP contribution >= 0.6 is 0 Å². The minimum absolute atomic E-state index is 0.0262. The third kappa shape index (κ3) is 4.85. The zero-order chi connectivity index (χ0) is 18.5. The maximum absolute atomic E-state index is 12.9. The molecule has 0 fully saturated rings. The summed E-state index contributed by atoms with van der Waals surface area (Å²) in [5, 5.41) is 8.79. The zero-order valence-corrected chi connectivity index (χ0v) is 15.2. The summed E-state index contributed by atoms with van der Waals surface area (Å²) in [7, 11) is -7.28. The van der Waals surface area contributed by atoms with Gasteiger partial charge in [-0.2, -0.15) is 9.57 Å². The summed E-state index contributed by atoms with van der Waals surface area (Å²) in [5.74, 6) is 0. The Kier molecular flexibility index (Phi) is 5.89. The van der Waals surface area contributed by atoms with E-state index in [4.69, 9.17) is 5.26 Å². The number of aromatic nitrogens is 1. The molecule has 0 aliphatic carbocycles. The number of nitriles is 1. The van der Waals surface area contributed by atoms with Crippen molar-refractivity contribution in [2.75, 3.05) is 12.8 Å². The third-order valence-electron chi connectivity index (χ3n) is 3.44. The second-order valence-corrected chi connectivity index (χ2v) is 9.31. The molecule has 0 radical (unpaired) electrons. The van der Waals surface area contributed by atoms with Crippen LogP contribution in [0.4, 0.5) is 0 Å². The number of pyridine rings is 1. The first-order valence-electron chi connectivity index (χ1n) is 7.31. The van der Waals surface area contributed by atoms with E-state index in [0.717, 1.165) is 6.26 Å². The first kappa shape index (κ1) is 19.1. The van der Waals surface area contributed by atoms with Crippen LogP contribution in [0.2, 0.25) is 0 Å². The number of sulfonamides is 1. The van der Waals surface area contributed by atoms with E-state index in [1.807, 2.05) is 6.07 Å². The number of sulfone groups is 1. The lowest BCUT2D eigenvalue weighted by molar-refractivity contribution is 0.413. The summed E-state index contributed by atoms with van der Waals surface area (Å²) in [4.78, 5) is 3.98. The molecule has 132 valence electrons. The molecular weight excluding hydrogens is 362 g/mol. The molecule has 2 rings (SSSR count). The van der Waals surface area contributed by atoms with Gasteiger partial charge in [-0.3, -0.25) is 4.98 Å². The summed E-state index contributed by atoms with van der Waals surface area (Å²) in [6.45, 7) is 0.104. The maximum Gasteiger partial charge on any atom is 0.243 e. The van der Waals surface area contributed by atoms with Crippen LogP contribution in [0.15, 0.2) is 58.6 Å². The first-order valence-corrected chi connectivity index (χ1v) is 10.6. The van der Waals surface area contributed by atoms with Crippen molar-refractivity contribution >= 4 is 19.9 Å². The first-order chi connectivity index (χ1) is 11.7. The molecule has 1 aromatic heterocycles. The number of nitrogens with zero attached hydrogens (tertiary/aromatic N) is 3. The van der Waals surface area contributed by atoms with Gasteiger partial charge in [0.05, 0.1) is 15.9 Å². The van der Waals surface area contributed by atoms with E-state index < -0.39 is 19.9 Å². The Labute approximate surface area is 147 Å². The van der Waals surface area contributed by atoms with Crippen molar-refractivity contribution in [3.05, 3.63) is 54.4 Å². The Bertz CT molecular complexity index is 964. The zero-order valence-electron chi connectivity index (χ0n) is 13.5. The molecule has 0 atom stereocenters. The average molecular weight is 379 g/mol. The van der Waals surface area contributed by atoms with Crippen LogP contribution in [0.5, 0.6) is 0 Å². The van der Waals surface area contributed by atoms with E-state index in [0.29, 0.717) is 5.56 Å². The van der Waals surface area contributed by atoms with Gasteiger partial charge in [0.1, 0.15) is 0 Å². The summed E-state index contributed by atoms with van der Waals surface area (Å²) in [5.41, 5.74) is 0.691. The molecule has 0 N–H and O–H groups in total. The monoisotopic (exact) mass is 379 g/mol. The molecule has 1 aromatic carbocycles. The van der Waals surface area contributed by atoms with Gasteiger partial charge < -0.3 is 0 Å². The molecule has 0 aliphatic heterocycles. The van der Waals surface area contributed by atoms with Crippen LogP contribution in [0.1, 0.15) is 12.0 Å². The van der Waals surface area contributed by atoms with Gasteiger partial charge in [0.2, 0.25) is 10.0 Å². The fraction of sp³-hybridized carbons (Fsp3) is 0.250. The molecule has 1 heterocycles. The minimum atomic E-state index is -3.87. The highest BCUT2D eigenvalue weighted by Gasteiger charge is 2.25. The number of hydrogen-bond donors (Lipinski definition) is 0. The fourth-order valence-corrected chi connectivity index (χ4v) is 4.22. The predicted octanol–water partition coefficient (Wildman–Crippen LogP) is 1.59. The highest BCUT2D eigenvalue weighted by atomic mass is 32.2. The summed E-state index contributed by atoms with van der Waals surface area (Å²) in [6, 6.07) is 10.4. The molecule has 2 aromatic rings. The number of rotatable bonds is 7. The molecule has 0 amide bonds. The molecular formula is C16H17N3O4S2. The Morgan fingerprint density at radius 1 is 1.08 bits per heavy atom. The quantitative estimate of drug-likeness (QED) is 0.723. The Hall–Kier alpha value is -2.28. The molecule has 25 heavy (non-hydrogen) atoms. The molecule has 0 unspecified atom stereocenters. The van der Waals surface area contributed by atoms with Gasteiger partial charge in [-0.15, -0.1) is 0 Å². The van der Waals surface area contributed by atoms with Crippen LogP contribution in [0.3, 0.4) is 0 Å². The minimum Gasteiger partial charge on any atom is -0.264 e. The van der Waals surface area contributed by atoms with Crippen molar-refractivity contribution in [2.24, 2.45) is 0 Å². The van der Waals surface area contributed by atoms with Crippen molar-refractivity contribution in [3.63, 3.8) is 0 Å². The molecule has 0 aliphatic rings. The summed E-state index contributed by atoms with van der Waals surface area (Å²) >= 11 is 0. The van der Waals surface area contributed by atoms with Gasteiger partial charge >= 0.3 is 0 Å². The predicted molar refractivity (Wildman–Crippen MR) is 91.6 cm³/mol. The SMILES string of the molecule is CS(=O)(=O)c1ccc(S(=O)(=O)N(CCC#N)Cc2cccnc2)cc1. The maximum atomic E-state index is 12.9. The molecule has 0 spiro atoms. The van der Waals surface area contributed by atoms with Crippen LogP contribution in [-0.4, -0.2) is 38.9 Å². The van der Waals surface area contributed by atoms with Crippen molar-refractivity contribution in [1.82, 2.24) is 9.29 Å². The fourth-order valence-electron chi connectivity index (χ4n) is 2.16. The molecule has 0 saturated heterocycles. The lowest BCUT2D eigenvalue weighted by atomic mass is 10.3. The standard InChI is InChI=1S/C16H17N3O4S2/c1-24(20,21)15-5-7-16(8-6-15)25(22,23)19(11-3-9-17)13-14-4-2-10-18-12-14/h2,4-8,10,12H,3,11,13H2,1H3. The van der Waals surface area contributed by atoms with Gasteiger partial charge in [-0.25, -0.2) is 16.8 Å². The van der Waals surface area contributed by atoms with Gasteiger partial charge in [0.25, 0.3) is 0 Å². The topological polar surface area (TPSA) is 108 Å². The van der Waals surface area contributed by atoms with E-state index in [-0.39, 0.29) is 29.3 Å². The molecule has 7 nitrogen and oxygen atoms in total. The lowest BCUT2D eigenvalue weighted by Gasteiger charge is -2.21. The van der Waals surface area contributed by atoms with Gasteiger partial charge in [0.15, 0.2) is 9.84 Å². The summed E-state index contributed by atoms with van der Waals surface area (Å²) < 4.78 is 49.9. The Morgan fingerprint density at radius 3 is 2.24 bits per heavy atom. The van der Waals surface area contributed by atoms with Gasteiger partial charge in [0, 0.05) is 38.2 Å². The molecule has 9 heteroatoms. The second kappa shape index (κ2) is 7.74. The highest BCUT2D eigenvalue weighted by Crippen LogP contribution is 2.20. The van der Waals surface area contributed by atoms with Crippen LogP contribution in [0.25, 0.3) is 0 Å². The highest BCUT2D eigenvalue weighted by molar-refractivity contribution is 7.90. The Morgan fingerprint density at radius 2 is 1.72 bits per heavy atom. The normalized spacial score (nSPS) is 12.0. The summed E-state index contributed by atoms with van der Waals surface area (Å²) in [6.07, 6.45) is 4.24. The third-order valence-corrected chi connectivity index (χ3v) is 6.43. The Balaban J connectivity index is 2.35. The van der Waals surface area contributed by atoms with Crippen LogP contribution in [0, 0.1) is 11.3 Å². The second-order valence-electron chi connectivity index (χ2n) is 5.35. The van der Waals surface area contributed by atoms with Crippen molar-refractivity contribution < 1.29 is 16.8 Å². The average Bonchev–Trinajstić information content (AvgIpc) is 2.58. The van der Waals surface area contributed by atoms with Gasteiger partial charge in [-0.05, 0) is 35.9 Å². The van der Waals surface area contributed by atoms with E-state index in [9.17, 15) is 16.8 Å². The number of hydrogen-bond acceptors (Lipinski definition) is 6. The van der Waals surface area contributed by atoms with Crippen LogP contribution < -0.4 is 0 Å². The van der Waals surface area contributed by atoms with E-state index >= 15 is 0 Å². The van der Waals surface area contributed by atoms with Gasteiger partial charge in [-0.1, -0.05) is 6.07 Å². The van der Waals surface area contributed by atoms with Crippen LogP contribution in [-0.2, 0) is 26.4 Å². The molecule has 0 saturated carbocycles. The van der Waals surface area contributed by atoms with Crippen molar-refractivity contribution in [1.29, 1.82) is 5.26 Å². The molecule has 0 bridgehead atoms. The van der Waals surface area contributed by atoms with E-state index in [2.05, 4.69) is 4.98 Å². The largest absolute Gasteiger partial charge is 0.264 e. The van der Waals surface area contributed by atoms with E-state index in [1.54, 1.807) is 24.5 Å². The van der Waals surface area contributed by atoms with E-state index in [1.165, 1.54) is 28.6 Å². The lowest BCUT2D eigenvalue weighted by Crippen LogP contribution is -2.31. The van der Waals surface area contributed by atoms with Crippen molar-refractivity contribution in [2.45, 2.75) is 22.8 Å². The van der Waals surface area contributed by atoms with Crippen molar-refractivity contribution in [3.8, 4) is 6.07 Å². The number of benzene rings is 1.